The summed E-state index contributed by atoms with van der Waals surface area (Å²) in [5, 5.41) is 0. The summed E-state index contributed by atoms with van der Waals surface area (Å²) < 4.78 is 0. The van der Waals surface area contributed by atoms with E-state index in [1.54, 1.807) is 17.8 Å². The lowest BCUT2D eigenvalue weighted by Crippen LogP contribution is -1.91. The fourth-order valence-electron chi connectivity index (χ4n) is 1.28. The Bertz CT molecular complexity index is 454. The van der Waals surface area contributed by atoms with Crippen LogP contribution in [0.25, 0.3) is 0 Å². The quantitative estimate of drug-likeness (QED) is 0.759. The van der Waals surface area contributed by atoms with Gasteiger partial charge in [0.25, 0.3) is 0 Å². The molecule has 4 N–H and O–H groups in total. The maximum atomic E-state index is 5.87. The van der Waals surface area contributed by atoms with Gasteiger partial charge in [-0.25, -0.2) is 0 Å². The molecule has 0 aromatic heterocycles. The molecule has 0 atom stereocenters. The summed E-state index contributed by atoms with van der Waals surface area (Å²) in [6, 6.07) is 15.7. The number of nitrogen functional groups attached to an aromatic ring is 2. The standard InChI is InChI=1S/C12H12N2S/c13-9-6-7-12(11(14)8-9)15-10-4-2-1-3-5-10/h1-8H,13-14H2. The molecule has 0 aliphatic heterocycles. The molecule has 0 fully saturated rings. The first-order valence-electron chi connectivity index (χ1n) is 4.63. The van der Waals surface area contributed by atoms with Crippen molar-refractivity contribution < 1.29 is 0 Å². The van der Waals surface area contributed by atoms with Gasteiger partial charge >= 0.3 is 0 Å². The predicted octanol–water partition coefficient (Wildman–Crippen LogP) is 3.00. The summed E-state index contributed by atoms with van der Waals surface area (Å²) >= 11 is 1.64. The van der Waals surface area contributed by atoms with E-state index in [4.69, 9.17) is 11.5 Å². The third kappa shape index (κ3) is 2.44. The second kappa shape index (κ2) is 4.28. The van der Waals surface area contributed by atoms with Crippen molar-refractivity contribution in [1.82, 2.24) is 0 Å². The average Bonchev–Trinajstić information content (AvgIpc) is 2.24. The summed E-state index contributed by atoms with van der Waals surface area (Å²) in [5.41, 5.74) is 12.9. The van der Waals surface area contributed by atoms with Gasteiger partial charge in [0.2, 0.25) is 0 Å². The minimum Gasteiger partial charge on any atom is -0.399 e. The smallest absolute Gasteiger partial charge is 0.0476 e. The Morgan fingerprint density at radius 3 is 2.27 bits per heavy atom. The second-order valence-electron chi connectivity index (χ2n) is 3.21. The van der Waals surface area contributed by atoms with Crippen molar-refractivity contribution in [3.63, 3.8) is 0 Å². The zero-order valence-electron chi connectivity index (χ0n) is 8.18. The molecule has 0 unspecified atom stereocenters. The van der Waals surface area contributed by atoms with Gasteiger partial charge in [0, 0.05) is 21.2 Å². The lowest BCUT2D eigenvalue weighted by Gasteiger charge is -2.05. The first-order valence-corrected chi connectivity index (χ1v) is 5.45. The number of hydrogen-bond acceptors (Lipinski definition) is 3. The van der Waals surface area contributed by atoms with Crippen molar-refractivity contribution in [3.05, 3.63) is 48.5 Å². The van der Waals surface area contributed by atoms with Crippen LogP contribution < -0.4 is 11.5 Å². The Hall–Kier alpha value is -1.61. The van der Waals surface area contributed by atoms with Gasteiger partial charge in [-0.15, -0.1) is 0 Å². The lowest BCUT2D eigenvalue weighted by atomic mass is 10.3. The third-order valence-electron chi connectivity index (χ3n) is 2.00. The van der Waals surface area contributed by atoms with E-state index in [-0.39, 0.29) is 0 Å². The fourth-order valence-corrected chi connectivity index (χ4v) is 2.14. The second-order valence-corrected chi connectivity index (χ2v) is 4.33. The molecular weight excluding hydrogens is 204 g/mol. The molecule has 0 spiro atoms. The number of nitrogens with two attached hydrogens (primary N) is 2. The molecule has 0 saturated heterocycles. The van der Waals surface area contributed by atoms with Crippen LogP contribution in [0.4, 0.5) is 11.4 Å². The summed E-state index contributed by atoms with van der Waals surface area (Å²) in [4.78, 5) is 2.21. The van der Waals surface area contributed by atoms with Crippen LogP contribution in [0.5, 0.6) is 0 Å². The van der Waals surface area contributed by atoms with Crippen LogP contribution in [0.1, 0.15) is 0 Å². The third-order valence-corrected chi connectivity index (χ3v) is 3.10. The number of anilines is 2. The van der Waals surface area contributed by atoms with E-state index in [2.05, 4.69) is 12.1 Å². The van der Waals surface area contributed by atoms with Crippen molar-refractivity contribution in [2.24, 2.45) is 0 Å². The van der Waals surface area contributed by atoms with Gasteiger partial charge in [0.15, 0.2) is 0 Å². The van der Waals surface area contributed by atoms with Crippen molar-refractivity contribution in [3.8, 4) is 0 Å². The monoisotopic (exact) mass is 216 g/mol. The predicted molar refractivity (Wildman–Crippen MR) is 65.8 cm³/mol. The van der Waals surface area contributed by atoms with Gasteiger partial charge in [-0.2, -0.15) is 0 Å². The summed E-state index contributed by atoms with van der Waals surface area (Å²) in [5.74, 6) is 0. The Balaban J connectivity index is 2.25. The van der Waals surface area contributed by atoms with Crippen LogP contribution in [-0.4, -0.2) is 0 Å². The highest BCUT2D eigenvalue weighted by atomic mass is 32.2. The summed E-state index contributed by atoms with van der Waals surface area (Å²) in [6.07, 6.45) is 0. The maximum Gasteiger partial charge on any atom is 0.0476 e. The van der Waals surface area contributed by atoms with Crippen LogP contribution in [0, 0.1) is 0 Å². The molecular formula is C12H12N2S. The molecule has 0 radical (unpaired) electrons. The van der Waals surface area contributed by atoms with Gasteiger partial charge in [-0.3, -0.25) is 0 Å². The normalized spacial score (nSPS) is 10.1. The average molecular weight is 216 g/mol. The van der Waals surface area contributed by atoms with Crippen LogP contribution in [-0.2, 0) is 0 Å². The van der Waals surface area contributed by atoms with Gasteiger partial charge in [0.1, 0.15) is 0 Å². The number of benzene rings is 2. The van der Waals surface area contributed by atoms with E-state index in [9.17, 15) is 0 Å². The van der Waals surface area contributed by atoms with Crippen LogP contribution in [0.15, 0.2) is 58.3 Å². The first-order chi connectivity index (χ1) is 7.25. The van der Waals surface area contributed by atoms with Crippen molar-refractivity contribution >= 4 is 23.1 Å². The molecule has 76 valence electrons. The van der Waals surface area contributed by atoms with Gasteiger partial charge in [-0.05, 0) is 30.3 Å². The van der Waals surface area contributed by atoms with E-state index in [1.165, 1.54) is 4.90 Å². The Kier molecular flexibility index (Phi) is 2.83. The minimum absolute atomic E-state index is 0.699. The number of rotatable bonds is 2. The Morgan fingerprint density at radius 2 is 1.60 bits per heavy atom. The molecule has 0 saturated carbocycles. The molecule has 2 rings (SSSR count). The Labute approximate surface area is 93.3 Å². The van der Waals surface area contributed by atoms with E-state index in [1.807, 2.05) is 30.3 Å². The lowest BCUT2D eigenvalue weighted by molar-refractivity contribution is 1.41. The highest BCUT2D eigenvalue weighted by Crippen LogP contribution is 2.32. The molecule has 0 bridgehead atoms. The largest absolute Gasteiger partial charge is 0.399 e. The molecule has 0 aliphatic rings. The van der Waals surface area contributed by atoms with Gasteiger partial charge in [-0.1, -0.05) is 30.0 Å². The molecule has 2 nitrogen and oxygen atoms in total. The fraction of sp³-hybridized carbons (Fsp3) is 0. The molecule has 2 aromatic rings. The zero-order valence-corrected chi connectivity index (χ0v) is 9.00. The molecule has 3 heteroatoms. The van der Waals surface area contributed by atoms with Crippen LogP contribution in [0.2, 0.25) is 0 Å². The molecule has 0 aliphatic carbocycles. The van der Waals surface area contributed by atoms with E-state index < -0.39 is 0 Å². The molecule has 0 heterocycles. The Morgan fingerprint density at radius 1 is 0.867 bits per heavy atom. The van der Waals surface area contributed by atoms with Gasteiger partial charge < -0.3 is 11.5 Å². The van der Waals surface area contributed by atoms with Crippen molar-refractivity contribution in [2.45, 2.75) is 9.79 Å². The summed E-state index contributed by atoms with van der Waals surface area (Å²) in [6.45, 7) is 0. The number of hydrogen-bond donors (Lipinski definition) is 2. The minimum atomic E-state index is 0.699. The van der Waals surface area contributed by atoms with E-state index in [0.29, 0.717) is 5.69 Å². The van der Waals surface area contributed by atoms with Crippen LogP contribution in [0.3, 0.4) is 0 Å². The summed E-state index contributed by atoms with van der Waals surface area (Å²) in [7, 11) is 0. The molecule has 2 aromatic carbocycles. The zero-order chi connectivity index (χ0) is 10.7. The van der Waals surface area contributed by atoms with Gasteiger partial charge in [0.05, 0.1) is 0 Å². The maximum absolute atomic E-state index is 5.87. The SMILES string of the molecule is Nc1ccc(Sc2ccccc2)c(N)c1. The highest BCUT2D eigenvalue weighted by molar-refractivity contribution is 7.99. The first kappa shape index (κ1) is 9.93. The van der Waals surface area contributed by atoms with E-state index in [0.717, 1.165) is 10.6 Å². The topological polar surface area (TPSA) is 52.0 Å². The van der Waals surface area contributed by atoms with Crippen molar-refractivity contribution in [1.29, 1.82) is 0 Å². The molecule has 0 amide bonds. The molecule has 15 heavy (non-hydrogen) atoms. The van der Waals surface area contributed by atoms with Crippen molar-refractivity contribution in [2.75, 3.05) is 11.5 Å². The highest BCUT2D eigenvalue weighted by Gasteiger charge is 2.01. The van der Waals surface area contributed by atoms with Crippen LogP contribution >= 0.6 is 11.8 Å². The van der Waals surface area contributed by atoms with E-state index >= 15 is 0 Å².